The Kier molecular flexibility index (Phi) is 4.32. The van der Waals surface area contributed by atoms with Crippen LogP contribution in [0.3, 0.4) is 0 Å². The lowest BCUT2D eigenvalue weighted by molar-refractivity contribution is 0.101. The van der Waals surface area contributed by atoms with Gasteiger partial charge in [0.2, 0.25) is 0 Å². The quantitative estimate of drug-likeness (QED) is 0.755. The molecule has 0 saturated heterocycles. The number of nitrogens with zero attached hydrogens (tertiary/aromatic N) is 5. The molecule has 0 aliphatic heterocycles. The highest BCUT2D eigenvalue weighted by molar-refractivity contribution is 5.96. The molecule has 0 fully saturated rings. The standard InChI is InChI=1S/C14H21N5O/c1-5-11-14(10(4)20)12(6-2)19(17-11)8-13-15-9-16-18(13)7-3/h9H,5-8H2,1-4H3. The minimum atomic E-state index is 0.0851. The Hall–Kier alpha value is -1.98. The van der Waals surface area contributed by atoms with E-state index in [0.29, 0.717) is 6.54 Å². The molecule has 0 spiro atoms. The number of ketones is 1. The highest BCUT2D eigenvalue weighted by atomic mass is 16.1. The molecule has 0 atom stereocenters. The van der Waals surface area contributed by atoms with Crippen LogP contribution >= 0.6 is 0 Å². The van der Waals surface area contributed by atoms with Crippen LogP contribution < -0.4 is 0 Å². The van der Waals surface area contributed by atoms with Gasteiger partial charge < -0.3 is 0 Å². The number of carbonyl (C=O) groups is 1. The summed E-state index contributed by atoms with van der Waals surface area (Å²) >= 11 is 0. The molecule has 0 N–H and O–H groups in total. The third kappa shape index (κ3) is 2.50. The molecule has 0 aliphatic rings. The van der Waals surface area contributed by atoms with Crippen molar-refractivity contribution in [2.45, 2.75) is 53.6 Å². The number of aromatic nitrogens is 5. The van der Waals surface area contributed by atoms with Gasteiger partial charge in [-0.3, -0.25) is 9.48 Å². The second-order valence-electron chi connectivity index (χ2n) is 4.68. The predicted molar refractivity (Wildman–Crippen MR) is 75.8 cm³/mol. The first-order valence-corrected chi connectivity index (χ1v) is 7.08. The van der Waals surface area contributed by atoms with Crippen molar-refractivity contribution in [3.05, 3.63) is 29.1 Å². The van der Waals surface area contributed by atoms with Gasteiger partial charge >= 0.3 is 0 Å². The van der Waals surface area contributed by atoms with E-state index in [2.05, 4.69) is 15.2 Å². The second-order valence-corrected chi connectivity index (χ2v) is 4.68. The maximum Gasteiger partial charge on any atom is 0.163 e. The zero-order chi connectivity index (χ0) is 14.7. The van der Waals surface area contributed by atoms with Crippen LogP contribution in [0.5, 0.6) is 0 Å². The van der Waals surface area contributed by atoms with Crippen molar-refractivity contribution >= 4 is 5.78 Å². The van der Waals surface area contributed by atoms with Gasteiger partial charge in [0, 0.05) is 12.2 Å². The minimum Gasteiger partial charge on any atom is -0.294 e. The lowest BCUT2D eigenvalue weighted by Gasteiger charge is -2.07. The summed E-state index contributed by atoms with van der Waals surface area (Å²) in [4.78, 5) is 16.1. The first kappa shape index (κ1) is 14.4. The van der Waals surface area contributed by atoms with Gasteiger partial charge in [0.25, 0.3) is 0 Å². The van der Waals surface area contributed by atoms with E-state index in [1.54, 1.807) is 13.3 Å². The van der Waals surface area contributed by atoms with Gasteiger partial charge in [-0.25, -0.2) is 9.67 Å². The normalized spacial score (nSPS) is 11.0. The van der Waals surface area contributed by atoms with Crippen LogP contribution in [0.25, 0.3) is 0 Å². The van der Waals surface area contributed by atoms with E-state index in [9.17, 15) is 4.79 Å². The van der Waals surface area contributed by atoms with E-state index in [4.69, 9.17) is 0 Å². The Morgan fingerprint density at radius 2 is 1.95 bits per heavy atom. The number of hydrogen-bond donors (Lipinski definition) is 0. The molecule has 0 aromatic carbocycles. The van der Waals surface area contributed by atoms with E-state index in [0.717, 1.165) is 42.2 Å². The van der Waals surface area contributed by atoms with E-state index in [1.807, 2.05) is 30.1 Å². The number of rotatable bonds is 6. The smallest absolute Gasteiger partial charge is 0.163 e. The molecule has 2 aromatic heterocycles. The summed E-state index contributed by atoms with van der Waals surface area (Å²) < 4.78 is 3.74. The first-order valence-electron chi connectivity index (χ1n) is 7.08. The first-order chi connectivity index (χ1) is 9.62. The fourth-order valence-electron chi connectivity index (χ4n) is 2.50. The van der Waals surface area contributed by atoms with Gasteiger partial charge in [-0.15, -0.1) is 0 Å². The Bertz CT molecular complexity index is 611. The molecule has 0 unspecified atom stereocenters. The van der Waals surface area contributed by atoms with E-state index < -0.39 is 0 Å². The van der Waals surface area contributed by atoms with Crippen molar-refractivity contribution in [2.24, 2.45) is 0 Å². The van der Waals surface area contributed by atoms with Crippen LogP contribution in [0.15, 0.2) is 6.33 Å². The van der Waals surface area contributed by atoms with Gasteiger partial charge in [0.15, 0.2) is 5.78 Å². The number of carbonyl (C=O) groups excluding carboxylic acids is 1. The molecular formula is C14H21N5O. The zero-order valence-corrected chi connectivity index (χ0v) is 12.6. The largest absolute Gasteiger partial charge is 0.294 e. The van der Waals surface area contributed by atoms with Crippen molar-refractivity contribution in [1.29, 1.82) is 0 Å². The molecule has 2 heterocycles. The van der Waals surface area contributed by atoms with Crippen molar-refractivity contribution in [1.82, 2.24) is 24.5 Å². The van der Waals surface area contributed by atoms with Crippen LogP contribution in [0, 0.1) is 0 Å². The van der Waals surface area contributed by atoms with Crippen molar-refractivity contribution < 1.29 is 4.79 Å². The number of Topliss-reactive ketones (excluding diaryl/α,β-unsaturated/α-hetero) is 1. The van der Waals surface area contributed by atoms with Gasteiger partial charge in [-0.05, 0) is 26.7 Å². The topological polar surface area (TPSA) is 65.6 Å². The Balaban J connectivity index is 2.44. The van der Waals surface area contributed by atoms with E-state index >= 15 is 0 Å². The van der Waals surface area contributed by atoms with Crippen molar-refractivity contribution in [3.8, 4) is 0 Å². The molecule has 20 heavy (non-hydrogen) atoms. The molecule has 0 bridgehead atoms. The van der Waals surface area contributed by atoms with Crippen molar-refractivity contribution in [3.63, 3.8) is 0 Å². The summed E-state index contributed by atoms with van der Waals surface area (Å²) in [5.74, 6) is 0.948. The van der Waals surface area contributed by atoms with Crippen LogP contribution in [0.1, 0.15) is 55.3 Å². The van der Waals surface area contributed by atoms with E-state index in [1.165, 1.54) is 0 Å². The van der Waals surface area contributed by atoms with Crippen LogP contribution in [0.4, 0.5) is 0 Å². The summed E-state index contributed by atoms with van der Waals surface area (Å²) in [5.41, 5.74) is 2.63. The van der Waals surface area contributed by atoms with Crippen LogP contribution in [0.2, 0.25) is 0 Å². The Labute approximate surface area is 118 Å². The van der Waals surface area contributed by atoms with E-state index in [-0.39, 0.29) is 5.78 Å². The zero-order valence-electron chi connectivity index (χ0n) is 12.6. The average Bonchev–Trinajstić information content (AvgIpc) is 3.02. The second kappa shape index (κ2) is 5.98. The van der Waals surface area contributed by atoms with Gasteiger partial charge in [0.05, 0.1) is 11.3 Å². The van der Waals surface area contributed by atoms with Crippen LogP contribution in [-0.4, -0.2) is 30.3 Å². The molecule has 2 aromatic rings. The summed E-state index contributed by atoms with van der Waals surface area (Å²) in [5, 5.41) is 8.75. The molecule has 0 aliphatic carbocycles. The molecule has 0 saturated carbocycles. The minimum absolute atomic E-state index is 0.0851. The summed E-state index contributed by atoms with van der Waals surface area (Å²) in [6, 6.07) is 0. The third-order valence-corrected chi connectivity index (χ3v) is 3.44. The molecule has 0 amide bonds. The molecule has 6 nitrogen and oxygen atoms in total. The predicted octanol–water partition coefficient (Wildman–Crippen LogP) is 1.87. The average molecular weight is 275 g/mol. The highest BCUT2D eigenvalue weighted by Crippen LogP contribution is 2.18. The Morgan fingerprint density at radius 1 is 1.20 bits per heavy atom. The maximum atomic E-state index is 11.9. The highest BCUT2D eigenvalue weighted by Gasteiger charge is 2.19. The summed E-state index contributed by atoms with van der Waals surface area (Å²) in [6.45, 7) is 9.03. The molecular weight excluding hydrogens is 254 g/mol. The third-order valence-electron chi connectivity index (χ3n) is 3.44. The van der Waals surface area contributed by atoms with Gasteiger partial charge in [0.1, 0.15) is 18.7 Å². The van der Waals surface area contributed by atoms with Crippen molar-refractivity contribution in [2.75, 3.05) is 0 Å². The summed E-state index contributed by atoms with van der Waals surface area (Å²) in [7, 11) is 0. The lowest BCUT2D eigenvalue weighted by atomic mass is 10.1. The summed E-state index contributed by atoms with van der Waals surface area (Å²) in [6.07, 6.45) is 3.10. The lowest BCUT2D eigenvalue weighted by Crippen LogP contribution is -2.13. The molecule has 108 valence electrons. The Morgan fingerprint density at radius 3 is 2.50 bits per heavy atom. The fourth-order valence-corrected chi connectivity index (χ4v) is 2.50. The maximum absolute atomic E-state index is 11.9. The fraction of sp³-hybridized carbons (Fsp3) is 0.571. The number of aryl methyl sites for hydroxylation is 2. The molecule has 6 heteroatoms. The molecule has 0 radical (unpaired) electrons. The SMILES string of the molecule is CCc1nn(Cc2ncnn2CC)c(CC)c1C(C)=O. The van der Waals surface area contributed by atoms with Gasteiger partial charge in [-0.2, -0.15) is 10.2 Å². The number of hydrogen-bond acceptors (Lipinski definition) is 4. The van der Waals surface area contributed by atoms with Gasteiger partial charge in [-0.1, -0.05) is 13.8 Å². The van der Waals surface area contributed by atoms with Crippen LogP contribution in [-0.2, 0) is 25.9 Å². The monoisotopic (exact) mass is 275 g/mol. The molecule has 2 rings (SSSR count).